The van der Waals surface area contributed by atoms with Gasteiger partial charge >= 0.3 is 0 Å². The summed E-state index contributed by atoms with van der Waals surface area (Å²) in [6.07, 6.45) is 6.26. The molecule has 30 heavy (non-hydrogen) atoms. The number of imidazole rings is 1. The number of fused-ring (bicyclic) bond motifs is 1. The van der Waals surface area contributed by atoms with Crippen LogP contribution < -0.4 is 4.74 Å². The molecule has 1 fully saturated rings. The minimum atomic E-state index is 0.406. The average molecular weight is 419 g/mol. The highest BCUT2D eigenvalue weighted by Gasteiger charge is 2.28. The Morgan fingerprint density at radius 2 is 2.07 bits per heavy atom. The molecule has 1 atom stereocenters. The lowest BCUT2D eigenvalue weighted by molar-refractivity contribution is 0.248. The van der Waals surface area contributed by atoms with Crippen molar-refractivity contribution in [2.75, 3.05) is 13.7 Å². The molecule has 0 radical (unpaired) electrons. The van der Waals surface area contributed by atoms with Crippen molar-refractivity contribution in [3.63, 3.8) is 0 Å². The lowest BCUT2D eigenvalue weighted by Crippen LogP contribution is -2.22. The molecule has 154 valence electrons. The van der Waals surface area contributed by atoms with Gasteiger partial charge in [0.05, 0.1) is 29.9 Å². The van der Waals surface area contributed by atoms with Crippen LogP contribution in [0, 0.1) is 6.92 Å². The lowest BCUT2D eigenvalue weighted by atomic mass is 10.1. The number of hydrogen-bond donors (Lipinski definition) is 0. The summed E-state index contributed by atoms with van der Waals surface area (Å²) in [5.74, 6) is 1.94. The summed E-state index contributed by atoms with van der Waals surface area (Å²) in [5, 5.41) is 1.25. The van der Waals surface area contributed by atoms with Crippen molar-refractivity contribution in [1.82, 2.24) is 19.4 Å². The zero-order chi connectivity index (χ0) is 20.5. The number of hydrogen-bond acceptors (Lipinski definition) is 5. The van der Waals surface area contributed by atoms with Gasteiger partial charge in [0, 0.05) is 24.5 Å². The number of ether oxygens (including phenoxy) is 1. The smallest absolute Gasteiger partial charge is 0.123 e. The van der Waals surface area contributed by atoms with Crippen LogP contribution >= 0.6 is 11.3 Å². The molecule has 1 aliphatic heterocycles. The van der Waals surface area contributed by atoms with Crippen molar-refractivity contribution in [3.8, 4) is 5.75 Å². The van der Waals surface area contributed by atoms with Gasteiger partial charge in [-0.05, 0) is 56.1 Å². The Kier molecular flexibility index (Phi) is 5.27. The van der Waals surface area contributed by atoms with Crippen molar-refractivity contribution in [2.45, 2.75) is 38.9 Å². The van der Waals surface area contributed by atoms with Crippen LogP contribution in [0.3, 0.4) is 0 Å². The van der Waals surface area contributed by atoms with Gasteiger partial charge in [-0.25, -0.2) is 9.97 Å². The Morgan fingerprint density at radius 1 is 1.17 bits per heavy atom. The Morgan fingerprint density at radius 3 is 2.87 bits per heavy atom. The Hall–Kier alpha value is -2.70. The van der Waals surface area contributed by atoms with E-state index in [0.717, 1.165) is 36.7 Å². The first-order valence-corrected chi connectivity index (χ1v) is 11.3. The van der Waals surface area contributed by atoms with Gasteiger partial charge in [-0.1, -0.05) is 18.2 Å². The molecule has 0 spiro atoms. The van der Waals surface area contributed by atoms with Gasteiger partial charge in [0.1, 0.15) is 16.6 Å². The number of methoxy groups -OCH3 is 1. The van der Waals surface area contributed by atoms with Crippen LogP contribution in [0.4, 0.5) is 0 Å². The van der Waals surface area contributed by atoms with E-state index in [0.29, 0.717) is 6.04 Å². The summed E-state index contributed by atoms with van der Waals surface area (Å²) in [7, 11) is 1.74. The molecule has 4 aromatic rings. The number of benzene rings is 2. The van der Waals surface area contributed by atoms with Gasteiger partial charge in [-0.2, -0.15) is 0 Å². The summed E-state index contributed by atoms with van der Waals surface area (Å²) < 4.78 is 9.06. The molecule has 3 heterocycles. The zero-order valence-corrected chi connectivity index (χ0v) is 18.2. The Balaban J connectivity index is 1.39. The van der Waals surface area contributed by atoms with Crippen LogP contribution in [0.25, 0.3) is 10.2 Å². The molecule has 1 aliphatic rings. The quantitative estimate of drug-likeness (QED) is 0.432. The van der Waals surface area contributed by atoms with Crippen molar-refractivity contribution < 1.29 is 4.74 Å². The fraction of sp³-hybridized carbons (Fsp3) is 0.333. The Labute approximate surface area is 181 Å². The summed E-state index contributed by atoms with van der Waals surface area (Å²) in [4.78, 5) is 11.9. The molecule has 0 amide bonds. The second-order valence-electron chi connectivity index (χ2n) is 7.90. The molecule has 0 saturated carbocycles. The molecule has 2 aromatic heterocycles. The van der Waals surface area contributed by atoms with Crippen molar-refractivity contribution in [3.05, 3.63) is 76.8 Å². The molecule has 0 aliphatic carbocycles. The van der Waals surface area contributed by atoms with Crippen LogP contribution in [0.1, 0.15) is 40.8 Å². The highest BCUT2D eigenvalue weighted by Crippen LogP contribution is 2.37. The minimum absolute atomic E-state index is 0.406. The van der Waals surface area contributed by atoms with E-state index in [4.69, 9.17) is 9.72 Å². The lowest BCUT2D eigenvalue weighted by Gasteiger charge is -2.23. The summed E-state index contributed by atoms with van der Waals surface area (Å²) in [5.41, 5.74) is 3.62. The number of para-hydroxylation sites is 1. The first-order valence-electron chi connectivity index (χ1n) is 10.4. The third kappa shape index (κ3) is 3.73. The number of likely N-dealkylation sites (tertiary alicyclic amines) is 1. The van der Waals surface area contributed by atoms with E-state index in [2.05, 4.69) is 56.9 Å². The second-order valence-corrected chi connectivity index (χ2v) is 8.96. The van der Waals surface area contributed by atoms with Crippen LogP contribution in [-0.4, -0.2) is 33.1 Å². The van der Waals surface area contributed by atoms with Crippen molar-refractivity contribution in [1.29, 1.82) is 0 Å². The predicted molar refractivity (Wildman–Crippen MR) is 121 cm³/mol. The summed E-state index contributed by atoms with van der Waals surface area (Å²) in [6, 6.07) is 15.4. The monoisotopic (exact) mass is 418 g/mol. The number of nitrogens with zero attached hydrogens (tertiary/aromatic N) is 4. The number of thiazole rings is 1. The van der Waals surface area contributed by atoms with E-state index in [-0.39, 0.29) is 0 Å². The van der Waals surface area contributed by atoms with Crippen LogP contribution in [0.2, 0.25) is 0 Å². The van der Waals surface area contributed by atoms with Crippen LogP contribution in [0.5, 0.6) is 5.75 Å². The zero-order valence-electron chi connectivity index (χ0n) is 17.4. The largest absolute Gasteiger partial charge is 0.496 e. The van der Waals surface area contributed by atoms with Crippen LogP contribution in [0.15, 0.2) is 54.9 Å². The third-order valence-corrected chi connectivity index (χ3v) is 7.09. The highest BCUT2D eigenvalue weighted by molar-refractivity contribution is 7.18. The van der Waals surface area contributed by atoms with E-state index in [1.54, 1.807) is 7.11 Å². The first-order chi connectivity index (χ1) is 14.7. The van der Waals surface area contributed by atoms with E-state index in [9.17, 15) is 0 Å². The third-order valence-electron chi connectivity index (χ3n) is 5.95. The SMILES string of the molecule is COc1ccc(CN2CCCC2c2nc3ccccc3s2)cc1Cn1ccnc1C. The average Bonchev–Trinajstić information content (AvgIpc) is 3.48. The molecule has 2 aromatic carbocycles. The number of rotatable bonds is 6. The molecule has 6 heteroatoms. The van der Waals surface area contributed by atoms with Crippen LogP contribution in [-0.2, 0) is 13.1 Å². The van der Waals surface area contributed by atoms with E-state index >= 15 is 0 Å². The summed E-state index contributed by atoms with van der Waals surface area (Å²) >= 11 is 1.84. The van der Waals surface area contributed by atoms with Gasteiger partial charge in [-0.15, -0.1) is 11.3 Å². The van der Waals surface area contributed by atoms with Gasteiger partial charge < -0.3 is 9.30 Å². The standard InChI is InChI=1S/C24H26N4OS/c1-17-25-11-13-27(17)16-19-14-18(9-10-22(19)29-2)15-28-12-5-7-21(28)24-26-20-6-3-4-8-23(20)30-24/h3-4,6,8-11,13-14,21H,5,7,12,15-16H2,1-2H3. The molecule has 0 bridgehead atoms. The van der Waals surface area contributed by atoms with Gasteiger partial charge in [0.15, 0.2) is 0 Å². The van der Waals surface area contributed by atoms with E-state index in [1.807, 2.05) is 30.7 Å². The molecular weight excluding hydrogens is 392 g/mol. The maximum atomic E-state index is 5.63. The molecule has 1 saturated heterocycles. The normalized spacial score (nSPS) is 17.1. The fourth-order valence-corrected chi connectivity index (χ4v) is 5.51. The topological polar surface area (TPSA) is 43.2 Å². The number of aryl methyl sites for hydroxylation is 1. The Bertz CT molecular complexity index is 1130. The minimum Gasteiger partial charge on any atom is -0.496 e. The maximum Gasteiger partial charge on any atom is 0.123 e. The fourth-order valence-electron chi connectivity index (χ4n) is 4.37. The predicted octanol–water partition coefficient (Wildman–Crippen LogP) is 5.20. The van der Waals surface area contributed by atoms with Gasteiger partial charge in [0.25, 0.3) is 0 Å². The maximum absolute atomic E-state index is 5.63. The highest BCUT2D eigenvalue weighted by atomic mass is 32.1. The molecule has 1 unspecified atom stereocenters. The summed E-state index contributed by atoms with van der Waals surface area (Å²) in [6.45, 7) is 4.84. The molecular formula is C24H26N4OS. The molecule has 5 rings (SSSR count). The van der Waals surface area contributed by atoms with E-state index in [1.165, 1.54) is 33.7 Å². The van der Waals surface area contributed by atoms with Gasteiger partial charge in [-0.3, -0.25) is 4.90 Å². The molecule has 0 N–H and O–H groups in total. The van der Waals surface area contributed by atoms with Gasteiger partial charge in [0.2, 0.25) is 0 Å². The van der Waals surface area contributed by atoms with E-state index < -0.39 is 0 Å². The molecule has 5 nitrogen and oxygen atoms in total. The number of aromatic nitrogens is 3. The van der Waals surface area contributed by atoms with Crippen molar-refractivity contribution >= 4 is 21.6 Å². The first kappa shape index (κ1) is 19.3. The van der Waals surface area contributed by atoms with Crippen molar-refractivity contribution in [2.24, 2.45) is 0 Å². The second kappa shape index (κ2) is 8.20.